The fourth-order valence-electron chi connectivity index (χ4n) is 2.07. The number of nitro benzene ring substituents is 2. The van der Waals surface area contributed by atoms with Crippen LogP contribution in [0.25, 0.3) is 0 Å². The van der Waals surface area contributed by atoms with Crippen LogP contribution >= 0.6 is 0 Å². The molecule has 0 heterocycles. The molecule has 0 saturated heterocycles. The first-order valence-electron chi connectivity index (χ1n) is 7.43. The third-order valence-corrected chi connectivity index (χ3v) is 3.48. The second kappa shape index (κ2) is 10.5. The first-order chi connectivity index (χ1) is 12.4. The average molecular weight is 374 g/mol. The predicted molar refractivity (Wildman–Crippen MR) is 92.3 cm³/mol. The molecule has 1 aromatic carbocycles. The Morgan fingerprint density at radius 1 is 0.808 bits per heavy atom. The van der Waals surface area contributed by atoms with Gasteiger partial charge in [0.1, 0.15) is 11.4 Å². The van der Waals surface area contributed by atoms with Crippen LogP contribution in [-0.2, 0) is 18.9 Å². The number of hydrogen-bond acceptors (Lipinski definition) is 10. The van der Waals surface area contributed by atoms with E-state index in [1.807, 2.05) is 0 Å². The molecule has 0 atom stereocenters. The molecule has 0 aromatic heterocycles. The van der Waals surface area contributed by atoms with Crippen LogP contribution < -0.4 is 10.6 Å². The van der Waals surface area contributed by atoms with E-state index in [0.717, 1.165) is 6.07 Å². The van der Waals surface area contributed by atoms with Crippen LogP contribution in [-0.4, -0.2) is 64.0 Å². The van der Waals surface area contributed by atoms with E-state index in [2.05, 4.69) is 10.6 Å². The number of ether oxygens (including phenoxy) is 4. The molecular weight excluding hydrogens is 352 g/mol. The summed E-state index contributed by atoms with van der Waals surface area (Å²) >= 11 is 0. The molecule has 0 saturated carbocycles. The second-order valence-electron chi connectivity index (χ2n) is 4.96. The molecule has 0 fully saturated rings. The van der Waals surface area contributed by atoms with E-state index in [4.69, 9.17) is 18.9 Å². The van der Waals surface area contributed by atoms with Crippen molar-refractivity contribution in [2.24, 2.45) is 0 Å². The number of nitrogens with zero attached hydrogens (tertiary/aromatic N) is 2. The maximum Gasteiger partial charge on any atom is 0.299 e. The van der Waals surface area contributed by atoms with Gasteiger partial charge in [-0.2, -0.15) is 0 Å². The quantitative estimate of drug-likeness (QED) is 0.314. The molecule has 0 aliphatic heterocycles. The second-order valence-corrected chi connectivity index (χ2v) is 4.96. The molecule has 0 aliphatic carbocycles. The van der Waals surface area contributed by atoms with Gasteiger partial charge in [0.2, 0.25) is 0 Å². The maximum absolute atomic E-state index is 11.3. The molecule has 12 nitrogen and oxygen atoms in total. The lowest BCUT2D eigenvalue weighted by molar-refractivity contribution is -0.393. The number of nitrogens with one attached hydrogen (secondary N) is 2. The Balaban J connectivity index is 3.19. The van der Waals surface area contributed by atoms with Gasteiger partial charge in [-0.05, 0) is 6.07 Å². The molecule has 0 amide bonds. The smallest absolute Gasteiger partial charge is 0.299 e. The Bertz CT molecular complexity index is 570. The van der Waals surface area contributed by atoms with E-state index < -0.39 is 33.8 Å². The summed E-state index contributed by atoms with van der Waals surface area (Å²) in [6.45, 7) is 0.202. The Morgan fingerprint density at radius 2 is 1.15 bits per heavy atom. The van der Waals surface area contributed by atoms with Crippen LogP contribution in [0.3, 0.4) is 0 Å². The Hall–Kier alpha value is -2.54. The summed E-state index contributed by atoms with van der Waals surface area (Å²) in [7, 11) is 5.68. The first kappa shape index (κ1) is 21.5. The van der Waals surface area contributed by atoms with Crippen molar-refractivity contribution in [3.05, 3.63) is 32.4 Å². The highest BCUT2D eigenvalue weighted by atomic mass is 16.7. The van der Waals surface area contributed by atoms with Crippen molar-refractivity contribution in [1.29, 1.82) is 0 Å². The molecule has 0 spiro atoms. The molecule has 2 N–H and O–H groups in total. The summed E-state index contributed by atoms with van der Waals surface area (Å²) in [5, 5.41) is 28.1. The van der Waals surface area contributed by atoms with E-state index >= 15 is 0 Å². The summed E-state index contributed by atoms with van der Waals surface area (Å²) in [5.74, 6) is 0. The van der Waals surface area contributed by atoms with Crippen molar-refractivity contribution in [3.63, 3.8) is 0 Å². The van der Waals surface area contributed by atoms with Crippen molar-refractivity contribution in [1.82, 2.24) is 0 Å². The summed E-state index contributed by atoms with van der Waals surface area (Å²) in [6, 6.07) is 2.16. The predicted octanol–water partition coefficient (Wildman–Crippen LogP) is 1.56. The fourth-order valence-corrected chi connectivity index (χ4v) is 2.07. The van der Waals surface area contributed by atoms with Crippen molar-refractivity contribution in [2.45, 2.75) is 12.6 Å². The van der Waals surface area contributed by atoms with Crippen LogP contribution in [0.1, 0.15) is 0 Å². The zero-order valence-corrected chi connectivity index (χ0v) is 14.9. The summed E-state index contributed by atoms with van der Waals surface area (Å²) < 4.78 is 20.0. The standard InChI is InChI=1S/C14H22N4O8/c1-23-13(24-2)7-15-9-5-10(16-8-14(25-3)26-4)12(18(21)22)6-11(9)17(19)20/h5-6,13-16H,7-8H2,1-4H3. The van der Waals surface area contributed by atoms with Crippen molar-refractivity contribution < 1.29 is 28.8 Å². The van der Waals surface area contributed by atoms with Gasteiger partial charge in [0.25, 0.3) is 11.4 Å². The lowest BCUT2D eigenvalue weighted by Gasteiger charge is -2.17. The largest absolute Gasteiger partial charge is 0.374 e. The summed E-state index contributed by atoms with van der Waals surface area (Å²) in [5.41, 5.74) is -0.728. The Labute approximate surface area is 149 Å². The van der Waals surface area contributed by atoms with Crippen molar-refractivity contribution in [3.8, 4) is 0 Å². The molecule has 1 rings (SSSR count). The molecule has 26 heavy (non-hydrogen) atoms. The monoisotopic (exact) mass is 374 g/mol. The first-order valence-corrected chi connectivity index (χ1v) is 7.43. The van der Waals surface area contributed by atoms with E-state index in [-0.39, 0.29) is 24.5 Å². The van der Waals surface area contributed by atoms with Gasteiger partial charge in [-0.25, -0.2) is 0 Å². The van der Waals surface area contributed by atoms with Crippen LogP contribution in [0.5, 0.6) is 0 Å². The number of rotatable bonds is 12. The number of anilines is 2. The van der Waals surface area contributed by atoms with Gasteiger partial charge in [0, 0.05) is 28.4 Å². The van der Waals surface area contributed by atoms with Crippen LogP contribution in [0.4, 0.5) is 22.7 Å². The van der Waals surface area contributed by atoms with Gasteiger partial charge in [0.05, 0.1) is 29.0 Å². The fraction of sp³-hybridized carbons (Fsp3) is 0.571. The Morgan fingerprint density at radius 3 is 1.42 bits per heavy atom. The Kier molecular flexibility index (Phi) is 8.64. The number of benzene rings is 1. The lowest BCUT2D eigenvalue weighted by Crippen LogP contribution is -2.25. The van der Waals surface area contributed by atoms with E-state index in [1.165, 1.54) is 34.5 Å². The lowest BCUT2D eigenvalue weighted by atomic mass is 10.2. The third-order valence-electron chi connectivity index (χ3n) is 3.48. The highest BCUT2D eigenvalue weighted by Crippen LogP contribution is 2.36. The van der Waals surface area contributed by atoms with Gasteiger partial charge in [-0.1, -0.05) is 0 Å². The van der Waals surface area contributed by atoms with Crippen molar-refractivity contribution >= 4 is 22.7 Å². The minimum absolute atomic E-state index is 0.0774. The highest BCUT2D eigenvalue weighted by molar-refractivity contribution is 5.76. The molecule has 0 unspecified atom stereocenters. The van der Waals surface area contributed by atoms with Crippen LogP contribution in [0.2, 0.25) is 0 Å². The molecule has 0 radical (unpaired) electrons. The van der Waals surface area contributed by atoms with Gasteiger partial charge < -0.3 is 29.6 Å². The molecule has 146 valence electrons. The van der Waals surface area contributed by atoms with Gasteiger partial charge in [-0.3, -0.25) is 20.2 Å². The number of methoxy groups -OCH3 is 4. The molecule has 12 heteroatoms. The van der Waals surface area contributed by atoms with Gasteiger partial charge in [-0.15, -0.1) is 0 Å². The molecule has 0 bridgehead atoms. The molecular formula is C14H22N4O8. The summed E-state index contributed by atoms with van der Waals surface area (Å²) in [6.07, 6.45) is -1.29. The summed E-state index contributed by atoms with van der Waals surface area (Å²) in [4.78, 5) is 21.1. The van der Waals surface area contributed by atoms with Gasteiger partial charge >= 0.3 is 0 Å². The van der Waals surface area contributed by atoms with Crippen LogP contribution in [0.15, 0.2) is 12.1 Å². The van der Waals surface area contributed by atoms with E-state index in [9.17, 15) is 20.2 Å². The zero-order chi connectivity index (χ0) is 19.7. The normalized spacial score (nSPS) is 11.0. The zero-order valence-electron chi connectivity index (χ0n) is 14.9. The van der Waals surface area contributed by atoms with Crippen molar-refractivity contribution in [2.75, 3.05) is 52.2 Å². The number of hydrogen-bond donors (Lipinski definition) is 2. The minimum atomic E-state index is -0.708. The molecule has 1 aromatic rings. The van der Waals surface area contributed by atoms with E-state index in [1.54, 1.807) is 0 Å². The highest BCUT2D eigenvalue weighted by Gasteiger charge is 2.25. The molecule has 0 aliphatic rings. The number of nitro groups is 2. The van der Waals surface area contributed by atoms with Gasteiger partial charge in [0.15, 0.2) is 12.6 Å². The SMILES string of the molecule is COC(CNc1cc(NCC(OC)OC)c([N+](=O)[O-])cc1[N+](=O)[O-])OC. The topological polar surface area (TPSA) is 147 Å². The van der Waals surface area contributed by atoms with Crippen LogP contribution in [0, 0.1) is 20.2 Å². The average Bonchev–Trinajstić information content (AvgIpc) is 2.62. The third kappa shape index (κ3) is 5.77. The van der Waals surface area contributed by atoms with E-state index in [0.29, 0.717) is 0 Å². The maximum atomic E-state index is 11.3. The minimum Gasteiger partial charge on any atom is -0.374 e.